The molecular formula is C32H29F3N2O4. The lowest BCUT2D eigenvalue weighted by Crippen LogP contribution is -2.30. The average molecular weight is 563 g/mol. The van der Waals surface area contributed by atoms with E-state index < -0.39 is 23.3 Å². The summed E-state index contributed by atoms with van der Waals surface area (Å²) < 4.78 is 51.9. The second kappa shape index (κ2) is 10.7. The van der Waals surface area contributed by atoms with Crippen molar-refractivity contribution in [2.45, 2.75) is 25.6 Å². The number of alkyl halides is 3. The van der Waals surface area contributed by atoms with Gasteiger partial charge in [0.25, 0.3) is 0 Å². The van der Waals surface area contributed by atoms with Gasteiger partial charge in [-0.3, -0.25) is 0 Å². The number of halogens is 3. The Morgan fingerprint density at radius 3 is 2.29 bits per heavy atom. The number of methoxy groups -OCH3 is 1. The second-order valence-corrected chi connectivity index (χ2v) is 9.61. The summed E-state index contributed by atoms with van der Waals surface area (Å²) in [5.41, 5.74) is 0.613. The fraction of sp³-hybridized carbons (Fsp3) is 0.219. The van der Waals surface area contributed by atoms with Gasteiger partial charge in [-0.05, 0) is 68.4 Å². The number of hydrogen-bond donors (Lipinski definition) is 2. The fourth-order valence-electron chi connectivity index (χ4n) is 5.37. The molecule has 4 aromatic rings. The highest BCUT2D eigenvalue weighted by atomic mass is 19.4. The minimum absolute atomic E-state index is 0.0859. The van der Waals surface area contributed by atoms with E-state index >= 15 is 0 Å². The van der Waals surface area contributed by atoms with Crippen molar-refractivity contribution in [2.75, 3.05) is 30.4 Å². The summed E-state index contributed by atoms with van der Waals surface area (Å²) in [4.78, 5) is 15.3. The number of fused-ring (bicyclic) bond motifs is 1. The van der Waals surface area contributed by atoms with Gasteiger partial charge in [0.1, 0.15) is 11.5 Å². The molecule has 212 valence electrons. The number of benzene rings is 4. The Bertz CT molecular complexity index is 1600. The molecular weight excluding hydrogens is 533 g/mol. The number of carbonyl (C=O) groups is 1. The van der Waals surface area contributed by atoms with Gasteiger partial charge in [-0.2, -0.15) is 13.2 Å². The third kappa shape index (κ3) is 4.92. The van der Waals surface area contributed by atoms with Crippen molar-refractivity contribution in [3.63, 3.8) is 0 Å². The molecule has 1 atom stereocenters. The zero-order valence-electron chi connectivity index (χ0n) is 22.8. The largest absolute Gasteiger partial charge is 0.507 e. The van der Waals surface area contributed by atoms with Gasteiger partial charge in [0, 0.05) is 52.9 Å². The van der Waals surface area contributed by atoms with Crippen LogP contribution in [0.15, 0.2) is 84.9 Å². The van der Waals surface area contributed by atoms with Crippen molar-refractivity contribution in [3.05, 3.63) is 113 Å². The first-order chi connectivity index (χ1) is 19.6. The molecule has 0 saturated carbocycles. The molecule has 0 amide bonds. The summed E-state index contributed by atoms with van der Waals surface area (Å²) in [7, 11) is 1.47. The Balaban J connectivity index is 1.71. The molecule has 2 N–H and O–H groups in total. The summed E-state index contributed by atoms with van der Waals surface area (Å²) in [5, 5.41) is 14.4. The maximum atomic E-state index is 13.3. The van der Waals surface area contributed by atoms with Crippen LogP contribution < -0.4 is 15.0 Å². The number of cyclic esters (lactones) is 1. The SMILES string of the molecule is CCN(CC)c1ccc(C2(c3cc(Nc4cccc(C(F)(F)F)c4)ccc3OC)OC(=O)c3ccccc32)c(O)c1. The minimum atomic E-state index is -4.50. The first-order valence-corrected chi connectivity index (χ1v) is 13.2. The number of ether oxygens (including phenoxy) is 2. The van der Waals surface area contributed by atoms with E-state index in [1.54, 1.807) is 54.6 Å². The van der Waals surface area contributed by atoms with Crippen LogP contribution in [-0.4, -0.2) is 31.3 Å². The molecule has 5 rings (SSSR count). The van der Waals surface area contributed by atoms with Crippen LogP contribution in [0.1, 0.15) is 46.5 Å². The zero-order chi connectivity index (χ0) is 29.4. The fourth-order valence-corrected chi connectivity index (χ4v) is 5.37. The third-order valence-electron chi connectivity index (χ3n) is 7.32. The van der Waals surface area contributed by atoms with Gasteiger partial charge in [0.05, 0.1) is 18.2 Å². The second-order valence-electron chi connectivity index (χ2n) is 9.61. The molecule has 1 aliphatic rings. The predicted octanol–water partition coefficient (Wildman–Crippen LogP) is 7.47. The summed E-state index contributed by atoms with van der Waals surface area (Å²) in [6, 6.07) is 21.9. The number of carbonyl (C=O) groups excluding carboxylic acids is 1. The molecule has 0 fully saturated rings. The monoisotopic (exact) mass is 562 g/mol. The first kappa shape index (κ1) is 27.9. The van der Waals surface area contributed by atoms with Crippen LogP contribution >= 0.6 is 0 Å². The van der Waals surface area contributed by atoms with E-state index in [-0.39, 0.29) is 11.4 Å². The molecule has 41 heavy (non-hydrogen) atoms. The number of anilines is 3. The van der Waals surface area contributed by atoms with E-state index in [0.717, 1.165) is 30.9 Å². The molecule has 0 aromatic heterocycles. The lowest BCUT2D eigenvalue weighted by Gasteiger charge is -2.33. The Kier molecular flexibility index (Phi) is 7.29. The number of hydrogen-bond acceptors (Lipinski definition) is 6. The standard InChI is InChI=1S/C32H29F3N2O4/c1-4-37(5-2)23-14-15-26(28(38)19-23)31(25-12-7-6-11-24(25)30(39)41-31)27-18-22(13-16-29(27)40-3)36-21-10-8-9-20(17-21)32(33,34)35/h6-19,36,38H,4-5H2,1-3H3. The Labute approximate surface area is 236 Å². The van der Waals surface area contributed by atoms with E-state index in [4.69, 9.17) is 9.47 Å². The molecule has 0 aliphatic carbocycles. The van der Waals surface area contributed by atoms with Gasteiger partial charge in [-0.1, -0.05) is 24.3 Å². The number of nitrogens with one attached hydrogen (secondary N) is 1. The van der Waals surface area contributed by atoms with Crippen LogP contribution in [0.2, 0.25) is 0 Å². The van der Waals surface area contributed by atoms with Crippen LogP contribution in [0, 0.1) is 0 Å². The average Bonchev–Trinajstić information content (AvgIpc) is 3.26. The van der Waals surface area contributed by atoms with Gasteiger partial charge in [0.2, 0.25) is 0 Å². The molecule has 1 aliphatic heterocycles. The van der Waals surface area contributed by atoms with E-state index in [1.807, 2.05) is 19.9 Å². The molecule has 0 saturated heterocycles. The molecule has 0 spiro atoms. The van der Waals surface area contributed by atoms with Crippen molar-refractivity contribution in [2.24, 2.45) is 0 Å². The van der Waals surface area contributed by atoms with Crippen LogP contribution in [-0.2, 0) is 16.5 Å². The lowest BCUT2D eigenvalue weighted by atomic mass is 9.78. The van der Waals surface area contributed by atoms with E-state index in [9.17, 15) is 23.1 Å². The van der Waals surface area contributed by atoms with Gasteiger partial charge < -0.3 is 24.8 Å². The van der Waals surface area contributed by atoms with Gasteiger partial charge in [-0.25, -0.2) is 4.79 Å². The van der Waals surface area contributed by atoms with Crippen LogP contribution in [0.25, 0.3) is 0 Å². The minimum Gasteiger partial charge on any atom is -0.507 e. The van der Waals surface area contributed by atoms with E-state index in [2.05, 4.69) is 10.2 Å². The van der Waals surface area contributed by atoms with Gasteiger partial charge >= 0.3 is 12.1 Å². The maximum absolute atomic E-state index is 13.3. The van der Waals surface area contributed by atoms with E-state index in [0.29, 0.717) is 33.7 Å². The molecule has 4 aromatic carbocycles. The number of rotatable bonds is 8. The highest BCUT2D eigenvalue weighted by Crippen LogP contribution is 2.53. The van der Waals surface area contributed by atoms with Crippen LogP contribution in [0.4, 0.5) is 30.2 Å². The highest BCUT2D eigenvalue weighted by molar-refractivity contribution is 5.97. The lowest BCUT2D eigenvalue weighted by molar-refractivity contribution is -0.137. The molecule has 6 nitrogen and oxygen atoms in total. The summed E-state index contributed by atoms with van der Waals surface area (Å²) >= 11 is 0. The van der Waals surface area contributed by atoms with Crippen molar-refractivity contribution < 1.29 is 32.5 Å². The first-order valence-electron chi connectivity index (χ1n) is 13.2. The third-order valence-corrected chi connectivity index (χ3v) is 7.32. The number of phenols is 1. The van der Waals surface area contributed by atoms with Crippen LogP contribution in [0.5, 0.6) is 11.5 Å². The summed E-state index contributed by atoms with van der Waals surface area (Å²) in [6.45, 7) is 5.49. The highest BCUT2D eigenvalue weighted by Gasteiger charge is 2.51. The van der Waals surface area contributed by atoms with Crippen molar-refractivity contribution in [1.29, 1.82) is 0 Å². The van der Waals surface area contributed by atoms with Crippen molar-refractivity contribution >= 4 is 23.0 Å². The normalized spacial score (nSPS) is 16.2. The number of aromatic hydroxyl groups is 1. The van der Waals surface area contributed by atoms with Gasteiger partial charge in [0.15, 0.2) is 5.60 Å². The molecule has 0 bridgehead atoms. The number of nitrogens with zero attached hydrogens (tertiary/aromatic N) is 1. The Morgan fingerprint density at radius 2 is 1.61 bits per heavy atom. The zero-order valence-corrected chi connectivity index (χ0v) is 22.8. The number of phenolic OH excluding ortho intramolecular Hbond substituents is 1. The smallest absolute Gasteiger partial charge is 0.416 e. The topological polar surface area (TPSA) is 71.0 Å². The van der Waals surface area contributed by atoms with Crippen molar-refractivity contribution in [1.82, 2.24) is 0 Å². The molecule has 0 radical (unpaired) electrons. The van der Waals surface area contributed by atoms with Crippen molar-refractivity contribution in [3.8, 4) is 11.5 Å². The van der Waals surface area contributed by atoms with E-state index in [1.165, 1.54) is 19.2 Å². The molecule has 1 unspecified atom stereocenters. The summed E-state index contributed by atoms with van der Waals surface area (Å²) in [6.07, 6.45) is -4.50. The number of esters is 1. The Morgan fingerprint density at radius 1 is 0.878 bits per heavy atom. The molecule has 9 heteroatoms. The summed E-state index contributed by atoms with van der Waals surface area (Å²) in [5.74, 6) is -0.306. The quantitative estimate of drug-likeness (QED) is 0.217. The van der Waals surface area contributed by atoms with Gasteiger partial charge in [-0.15, -0.1) is 0 Å². The maximum Gasteiger partial charge on any atom is 0.416 e. The molecule has 1 heterocycles. The Hall–Kier alpha value is -4.66. The predicted molar refractivity (Wildman–Crippen MR) is 151 cm³/mol. The van der Waals surface area contributed by atoms with Crippen LogP contribution in [0.3, 0.4) is 0 Å².